The number of carbonyl (C=O) groups is 2. The monoisotopic (exact) mass is 457 g/mol. The molecule has 0 bridgehead atoms. The molecule has 4 rings (SSSR count). The predicted octanol–water partition coefficient (Wildman–Crippen LogP) is 2.43. The molecule has 0 saturated carbocycles. The highest BCUT2D eigenvalue weighted by Crippen LogP contribution is 2.27. The summed E-state index contributed by atoms with van der Waals surface area (Å²) in [6.07, 6.45) is 1.81. The Kier molecular flexibility index (Phi) is 7.46. The number of nitrogens with zero attached hydrogens (tertiary/aromatic N) is 2. The summed E-state index contributed by atoms with van der Waals surface area (Å²) in [4.78, 5) is 35.1. The van der Waals surface area contributed by atoms with Gasteiger partial charge in [0.15, 0.2) is 0 Å². The molecular weight excluding hydrogens is 430 g/mol. The molecule has 0 aliphatic rings. The minimum atomic E-state index is -0.349. The summed E-state index contributed by atoms with van der Waals surface area (Å²) in [5.74, 6) is 0.258. The molecule has 9 nitrogen and oxygen atoms in total. The van der Waals surface area contributed by atoms with Crippen molar-refractivity contribution in [3.8, 4) is 11.3 Å². The number of benzene rings is 2. The lowest BCUT2D eigenvalue weighted by atomic mass is 10.1. The van der Waals surface area contributed by atoms with Gasteiger partial charge >= 0.3 is 0 Å². The Morgan fingerprint density at radius 1 is 0.941 bits per heavy atom. The lowest BCUT2D eigenvalue weighted by molar-refractivity contribution is -0.117. The molecule has 9 heteroatoms. The maximum Gasteiger partial charge on any atom is 0.251 e. The number of primary amides is 1. The van der Waals surface area contributed by atoms with E-state index >= 15 is 0 Å². The quantitative estimate of drug-likeness (QED) is 0.219. The van der Waals surface area contributed by atoms with Gasteiger partial charge in [-0.15, -0.1) is 0 Å². The van der Waals surface area contributed by atoms with Crippen LogP contribution in [-0.4, -0.2) is 46.4 Å². The smallest absolute Gasteiger partial charge is 0.251 e. The van der Waals surface area contributed by atoms with Crippen LogP contribution in [0.25, 0.3) is 22.3 Å². The first-order valence-electron chi connectivity index (χ1n) is 11.1. The van der Waals surface area contributed by atoms with Crippen molar-refractivity contribution in [1.82, 2.24) is 25.6 Å². The fraction of sp³-hybridized carbons (Fsp3) is 0.200. The number of nitrogens with one attached hydrogen (secondary N) is 4. The van der Waals surface area contributed by atoms with E-state index < -0.39 is 0 Å². The van der Waals surface area contributed by atoms with E-state index in [2.05, 4.69) is 43.0 Å². The van der Waals surface area contributed by atoms with Crippen LogP contribution in [-0.2, 0) is 11.3 Å². The van der Waals surface area contributed by atoms with Crippen LogP contribution in [0.2, 0.25) is 0 Å². The molecule has 0 unspecified atom stereocenters. The molecule has 2 aromatic heterocycles. The minimum Gasteiger partial charge on any atom is -0.370 e. The zero-order valence-electron chi connectivity index (χ0n) is 18.7. The van der Waals surface area contributed by atoms with Crippen molar-refractivity contribution in [2.24, 2.45) is 5.73 Å². The molecule has 4 aromatic rings. The zero-order valence-corrected chi connectivity index (χ0v) is 18.7. The molecule has 0 atom stereocenters. The number of aromatic amines is 1. The van der Waals surface area contributed by atoms with Crippen molar-refractivity contribution in [3.63, 3.8) is 0 Å². The first-order valence-corrected chi connectivity index (χ1v) is 11.1. The Hall–Kier alpha value is -4.24. The van der Waals surface area contributed by atoms with E-state index in [9.17, 15) is 9.59 Å². The average Bonchev–Trinajstić information content (AvgIpc) is 3.30. The number of fused-ring (bicyclic) bond motifs is 1. The molecule has 0 aliphatic heterocycles. The largest absolute Gasteiger partial charge is 0.370 e. The number of anilines is 1. The van der Waals surface area contributed by atoms with Crippen molar-refractivity contribution < 1.29 is 9.59 Å². The van der Waals surface area contributed by atoms with E-state index in [1.807, 2.05) is 36.4 Å². The van der Waals surface area contributed by atoms with Gasteiger partial charge in [-0.1, -0.05) is 42.5 Å². The van der Waals surface area contributed by atoms with Crippen LogP contribution in [0.1, 0.15) is 22.3 Å². The molecule has 0 saturated heterocycles. The van der Waals surface area contributed by atoms with E-state index in [0.29, 0.717) is 31.7 Å². The Balaban J connectivity index is 1.37. The summed E-state index contributed by atoms with van der Waals surface area (Å²) in [7, 11) is 0. The van der Waals surface area contributed by atoms with Gasteiger partial charge in [-0.3, -0.25) is 9.59 Å². The number of nitrogens with two attached hydrogens (primary N) is 1. The third-order valence-electron chi connectivity index (χ3n) is 5.32. The third kappa shape index (κ3) is 5.96. The number of H-pyrrole nitrogens is 1. The number of hydrogen-bond acceptors (Lipinski definition) is 6. The highest BCUT2D eigenvalue weighted by Gasteiger charge is 2.11. The topological polar surface area (TPSA) is 138 Å². The molecule has 2 heterocycles. The van der Waals surface area contributed by atoms with Crippen LogP contribution in [0.5, 0.6) is 0 Å². The van der Waals surface area contributed by atoms with Gasteiger partial charge in [0.2, 0.25) is 5.91 Å². The molecule has 0 aliphatic carbocycles. The molecular formula is C25H27N7O2. The summed E-state index contributed by atoms with van der Waals surface area (Å²) < 4.78 is 0. The van der Waals surface area contributed by atoms with Gasteiger partial charge in [-0.05, 0) is 29.3 Å². The maximum atomic E-state index is 12.4. The first-order chi connectivity index (χ1) is 16.6. The van der Waals surface area contributed by atoms with E-state index in [-0.39, 0.29) is 18.2 Å². The summed E-state index contributed by atoms with van der Waals surface area (Å²) in [6, 6.07) is 19.5. The summed E-state index contributed by atoms with van der Waals surface area (Å²) in [6.45, 7) is 2.18. The van der Waals surface area contributed by atoms with Gasteiger partial charge < -0.3 is 26.7 Å². The second-order valence-electron chi connectivity index (χ2n) is 7.81. The van der Waals surface area contributed by atoms with Gasteiger partial charge in [0.25, 0.3) is 5.91 Å². The van der Waals surface area contributed by atoms with E-state index in [1.165, 1.54) is 11.9 Å². The molecule has 0 fully saturated rings. The molecule has 2 amide bonds. The second-order valence-corrected chi connectivity index (χ2v) is 7.81. The highest BCUT2D eigenvalue weighted by atomic mass is 16.2. The number of amides is 2. The van der Waals surface area contributed by atoms with Gasteiger partial charge in [0.05, 0.1) is 5.39 Å². The van der Waals surface area contributed by atoms with Crippen molar-refractivity contribution in [1.29, 1.82) is 0 Å². The fourth-order valence-electron chi connectivity index (χ4n) is 3.52. The van der Waals surface area contributed by atoms with Crippen molar-refractivity contribution >= 4 is 28.7 Å². The van der Waals surface area contributed by atoms with Gasteiger partial charge in [0.1, 0.15) is 17.8 Å². The lowest BCUT2D eigenvalue weighted by Gasteiger charge is -2.07. The maximum absolute atomic E-state index is 12.4. The Bertz CT molecular complexity index is 1250. The summed E-state index contributed by atoms with van der Waals surface area (Å²) >= 11 is 0. The van der Waals surface area contributed by atoms with Crippen molar-refractivity contribution in [3.05, 3.63) is 78.1 Å². The van der Waals surface area contributed by atoms with Gasteiger partial charge in [-0.2, -0.15) is 0 Å². The third-order valence-corrected chi connectivity index (χ3v) is 5.32. The van der Waals surface area contributed by atoms with Crippen LogP contribution >= 0.6 is 0 Å². The summed E-state index contributed by atoms with van der Waals surface area (Å²) in [5.41, 5.74) is 9.40. The van der Waals surface area contributed by atoms with Crippen LogP contribution in [0.3, 0.4) is 0 Å². The second kappa shape index (κ2) is 11.1. The van der Waals surface area contributed by atoms with Gasteiger partial charge in [-0.25, -0.2) is 9.97 Å². The number of aromatic nitrogens is 3. The van der Waals surface area contributed by atoms with Crippen molar-refractivity contribution in [2.75, 3.05) is 25.0 Å². The predicted molar refractivity (Wildman–Crippen MR) is 132 cm³/mol. The highest BCUT2D eigenvalue weighted by molar-refractivity contribution is 5.95. The number of carbonyl (C=O) groups excluding carboxylic acids is 2. The molecule has 0 radical (unpaired) electrons. The van der Waals surface area contributed by atoms with Crippen LogP contribution < -0.4 is 21.7 Å². The van der Waals surface area contributed by atoms with E-state index in [1.54, 1.807) is 12.1 Å². The number of rotatable bonds is 11. The molecule has 6 N–H and O–H groups in total. The molecule has 0 spiro atoms. The Labute approximate surface area is 197 Å². The SMILES string of the molecule is NC(=O)CCNCCNC(=O)c1ccc(-c2cc3c(NCc4ccccc4)ncnc3[nH]2)cc1. The average molecular weight is 458 g/mol. The van der Waals surface area contributed by atoms with Crippen molar-refractivity contribution in [2.45, 2.75) is 13.0 Å². The van der Waals surface area contributed by atoms with Crippen LogP contribution in [0, 0.1) is 0 Å². The fourth-order valence-corrected chi connectivity index (χ4v) is 3.52. The van der Waals surface area contributed by atoms with E-state index in [4.69, 9.17) is 5.73 Å². The first kappa shape index (κ1) is 22.9. The molecule has 174 valence electrons. The molecule has 34 heavy (non-hydrogen) atoms. The normalized spacial score (nSPS) is 10.8. The van der Waals surface area contributed by atoms with Gasteiger partial charge in [0, 0.05) is 43.9 Å². The van der Waals surface area contributed by atoms with Crippen LogP contribution in [0.4, 0.5) is 5.82 Å². The standard InChI is InChI=1S/C25H27N7O2/c26-22(33)10-11-27-12-13-28-25(34)19-8-6-18(7-9-19)21-14-20-23(30-16-31-24(20)32-21)29-15-17-4-2-1-3-5-17/h1-9,14,16,27H,10-13,15H2,(H2,26,33)(H,28,34)(H2,29,30,31,32). The zero-order chi connectivity index (χ0) is 23.8. The minimum absolute atomic E-state index is 0.154. The Morgan fingerprint density at radius 3 is 2.50 bits per heavy atom. The Morgan fingerprint density at radius 2 is 1.74 bits per heavy atom. The van der Waals surface area contributed by atoms with Crippen LogP contribution in [0.15, 0.2) is 67.0 Å². The molecule has 2 aromatic carbocycles. The van der Waals surface area contributed by atoms with E-state index in [0.717, 1.165) is 28.1 Å². The summed E-state index contributed by atoms with van der Waals surface area (Å²) in [5, 5.41) is 10.2. The lowest BCUT2D eigenvalue weighted by Crippen LogP contribution is -2.33. The number of hydrogen-bond donors (Lipinski definition) is 5.